The highest BCUT2D eigenvalue weighted by Gasteiger charge is 2.35. The van der Waals surface area contributed by atoms with Gasteiger partial charge in [0.25, 0.3) is 0 Å². The van der Waals surface area contributed by atoms with E-state index in [1.807, 2.05) is 4.90 Å². The van der Waals surface area contributed by atoms with Gasteiger partial charge in [-0.25, -0.2) is 0 Å². The Labute approximate surface area is 120 Å². The number of nitrogens with zero attached hydrogens (tertiary/aromatic N) is 1. The SMILES string of the molecule is NC(=O)C1CCN(C(=O)CC2CC3CCC(C2)N3)CC1. The van der Waals surface area contributed by atoms with Crippen LogP contribution in [0.15, 0.2) is 0 Å². The van der Waals surface area contributed by atoms with Gasteiger partial charge in [0.2, 0.25) is 11.8 Å². The van der Waals surface area contributed by atoms with Gasteiger partial charge in [0, 0.05) is 37.5 Å². The van der Waals surface area contributed by atoms with Gasteiger partial charge in [-0.05, 0) is 44.4 Å². The van der Waals surface area contributed by atoms with Crippen molar-refractivity contribution in [1.29, 1.82) is 0 Å². The van der Waals surface area contributed by atoms with Crippen LogP contribution in [0.3, 0.4) is 0 Å². The molecule has 112 valence electrons. The molecule has 0 aromatic heterocycles. The Morgan fingerprint density at radius 1 is 1.05 bits per heavy atom. The number of nitrogens with one attached hydrogen (secondary N) is 1. The fourth-order valence-electron chi connectivity index (χ4n) is 4.13. The van der Waals surface area contributed by atoms with Crippen molar-refractivity contribution >= 4 is 11.8 Å². The topological polar surface area (TPSA) is 75.4 Å². The summed E-state index contributed by atoms with van der Waals surface area (Å²) in [6.45, 7) is 1.40. The molecule has 5 heteroatoms. The molecular weight excluding hydrogens is 254 g/mol. The molecule has 3 aliphatic heterocycles. The van der Waals surface area contributed by atoms with Crippen LogP contribution in [0, 0.1) is 11.8 Å². The second-order valence-corrected chi connectivity index (χ2v) is 6.74. The van der Waals surface area contributed by atoms with Crippen LogP contribution in [-0.4, -0.2) is 41.9 Å². The van der Waals surface area contributed by atoms with Crippen molar-refractivity contribution in [2.24, 2.45) is 17.6 Å². The third-order valence-electron chi connectivity index (χ3n) is 5.28. The van der Waals surface area contributed by atoms with Gasteiger partial charge < -0.3 is 16.0 Å². The number of fused-ring (bicyclic) bond motifs is 2. The van der Waals surface area contributed by atoms with Crippen molar-refractivity contribution in [2.45, 2.75) is 57.0 Å². The molecule has 2 unspecified atom stereocenters. The molecular formula is C15H25N3O2. The smallest absolute Gasteiger partial charge is 0.222 e. The first-order valence-electron chi connectivity index (χ1n) is 7.95. The van der Waals surface area contributed by atoms with Crippen molar-refractivity contribution in [1.82, 2.24) is 10.2 Å². The highest BCUT2D eigenvalue weighted by molar-refractivity contribution is 5.79. The van der Waals surface area contributed by atoms with Crippen LogP contribution in [0.4, 0.5) is 0 Å². The van der Waals surface area contributed by atoms with Crippen LogP contribution >= 0.6 is 0 Å². The predicted octanol–water partition coefficient (Wildman–Crippen LogP) is 0.631. The van der Waals surface area contributed by atoms with E-state index in [1.165, 1.54) is 12.8 Å². The molecule has 3 aliphatic rings. The van der Waals surface area contributed by atoms with Crippen molar-refractivity contribution in [2.75, 3.05) is 13.1 Å². The highest BCUT2D eigenvalue weighted by Crippen LogP contribution is 2.33. The van der Waals surface area contributed by atoms with Crippen LogP contribution < -0.4 is 11.1 Å². The van der Waals surface area contributed by atoms with Gasteiger partial charge in [-0.1, -0.05) is 0 Å². The second-order valence-electron chi connectivity index (χ2n) is 6.74. The number of amides is 2. The Hall–Kier alpha value is -1.10. The van der Waals surface area contributed by atoms with Crippen molar-refractivity contribution in [3.8, 4) is 0 Å². The summed E-state index contributed by atoms with van der Waals surface area (Å²) in [6, 6.07) is 1.29. The molecule has 5 nitrogen and oxygen atoms in total. The number of likely N-dealkylation sites (tertiary alicyclic amines) is 1. The van der Waals surface area contributed by atoms with Gasteiger partial charge in [0.15, 0.2) is 0 Å². The average Bonchev–Trinajstić information content (AvgIpc) is 2.78. The van der Waals surface area contributed by atoms with Crippen LogP contribution in [0.2, 0.25) is 0 Å². The van der Waals surface area contributed by atoms with E-state index < -0.39 is 0 Å². The molecule has 3 heterocycles. The summed E-state index contributed by atoms with van der Waals surface area (Å²) in [6.07, 6.45) is 7.02. The maximum absolute atomic E-state index is 12.4. The first-order valence-corrected chi connectivity index (χ1v) is 7.95. The third-order valence-corrected chi connectivity index (χ3v) is 5.28. The van der Waals surface area contributed by atoms with E-state index in [-0.39, 0.29) is 17.7 Å². The summed E-state index contributed by atoms with van der Waals surface area (Å²) in [5, 5.41) is 3.62. The Morgan fingerprint density at radius 3 is 2.20 bits per heavy atom. The fraction of sp³-hybridized carbons (Fsp3) is 0.867. The summed E-state index contributed by atoms with van der Waals surface area (Å²) >= 11 is 0. The molecule has 2 atom stereocenters. The molecule has 3 fully saturated rings. The monoisotopic (exact) mass is 279 g/mol. The minimum Gasteiger partial charge on any atom is -0.369 e. The largest absolute Gasteiger partial charge is 0.369 e. The lowest BCUT2D eigenvalue weighted by molar-refractivity contribution is -0.136. The molecule has 0 aliphatic carbocycles. The van der Waals surface area contributed by atoms with E-state index >= 15 is 0 Å². The molecule has 2 bridgehead atoms. The first-order chi connectivity index (χ1) is 9.61. The number of piperidine rings is 2. The van der Waals surface area contributed by atoms with Crippen LogP contribution in [0.25, 0.3) is 0 Å². The van der Waals surface area contributed by atoms with Crippen LogP contribution in [0.1, 0.15) is 44.9 Å². The minimum atomic E-state index is -0.216. The Balaban J connectivity index is 1.47. The number of hydrogen-bond acceptors (Lipinski definition) is 3. The zero-order chi connectivity index (χ0) is 14.1. The lowest BCUT2D eigenvalue weighted by Crippen LogP contribution is -2.44. The molecule has 0 radical (unpaired) electrons. The van der Waals surface area contributed by atoms with Crippen molar-refractivity contribution in [3.05, 3.63) is 0 Å². The second kappa shape index (κ2) is 5.72. The summed E-state index contributed by atoms with van der Waals surface area (Å²) in [4.78, 5) is 25.4. The number of carbonyl (C=O) groups is 2. The third kappa shape index (κ3) is 2.97. The van der Waals surface area contributed by atoms with Crippen molar-refractivity contribution in [3.63, 3.8) is 0 Å². The lowest BCUT2D eigenvalue weighted by Gasteiger charge is -2.33. The summed E-state index contributed by atoms with van der Waals surface area (Å²) in [5.74, 6) is 0.579. The molecule has 0 aromatic rings. The quantitative estimate of drug-likeness (QED) is 0.795. The Bertz CT molecular complexity index is 379. The van der Waals surface area contributed by atoms with Crippen LogP contribution in [0.5, 0.6) is 0 Å². The molecule has 0 saturated carbocycles. The van der Waals surface area contributed by atoms with E-state index in [0.717, 1.165) is 25.7 Å². The van der Waals surface area contributed by atoms with E-state index in [2.05, 4.69) is 5.32 Å². The van der Waals surface area contributed by atoms with E-state index in [9.17, 15) is 9.59 Å². The molecule has 0 spiro atoms. The van der Waals surface area contributed by atoms with Gasteiger partial charge in [0.1, 0.15) is 0 Å². The van der Waals surface area contributed by atoms with Crippen LogP contribution in [-0.2, 0) is 9.59 Å². The zero-order valence-corrected chi connectivity index (χ0v) is 12.0. The van der Waals surface area contributed by atoms with Gasteiger partial charge in [-0.3, -0.25) is 9.59 Å². The lowest BCUT2D eigenvalue weighted by atomic mass is 9.88. The number of rotatable bonds is 3. The number of nitrogens with two attached hydrogens (primary N) is 1. The number of hydrogen-bond donors (Lipinski definition) is 2. The van der Waals surface area contributed by atoms with Gasteiger partial charge in [-0.15, -0.1) is 0 Å². The molecule has 3 saturated heterocycles. The average molecular weight is 279 g/mol. The zero-order valence-electron chi connectivity index (χ0n) is 12.0. The van der Waals surface area contributed by atoms with Gasteiger partial charge in [0.05, 0.1) is 0 Å². The van der Waals surface area contributed by atoms with E-state index in [4.69, 9.17) is 5.73 Å². The highest BCUT2D eigenvalue weighted by atomic mass is 16.2. The first kappa shape index (κ1) is 13.9. The summed E-state index contributed by atoms with van der Waals surface area (Å²) < 4.78 is 0. The molecule has 3 N–H and O–H groups in total. The minimum absolute atomic E-state index is 0.0335. The Morgan fingerprint density at radius 2 is 1.65 bits per heavy atom. The maximum atomic E-state index is 12.4. The van der Waals surface area contributed by atoms with Gasteiger partial charge >= 0.3 is 0 Å². The molecule has 20 heavy (non-hydrogen) atoms. The Kier molecular flexibility index (Phi) is 3.96. The van der Waals surface area contributed by atoms with Gasteiger partial charge in [-0.2, -0.15) is 0 Å². The maximum Gasteiger partial charge on any atom is 0.222 e. The summed E-state index contributed by atoms with van der Waals surface area (Å²) in [5.41, 5.74) is 5.33. The van der Waals surface area contributed by atoms with Crippen molar-refractivity contribution < 1.29 is 9.59 Å². The number of primary amides is 1. The normalized spacial score (nSPS) is 34.2. The molecule has 0 aromatic carbocycles. The standard InChI is InChI=1S/C15H25N3O2/c16-15(20)11-3-5-18(6-4-11)14(19)9-10-7-12-1-2-13(8-10)17-12/h10-13,17H,1-9H2,(H2,16,20). The van der Waals surface area contributed by atoms with E-state index in [1.54, 1.807) is 0 Å². The predicted molar refractivity (Wildman–Crippen MR) is 75.8 cm³/mol. The number of carbonyl (C=O) groups excluding carboxylic acids is 2. The fourth-order valence-corrected chi connectivity index (χ4v) is 4.13. The summed E-state index contributed by atoms with van der Waals surface area (Å²) in [7, 11) is 0. The molecule has 2 amide bonds. The van der Waals surface area contributed by atoms with E-state index in [0.29, 0.717) is 37.5 Å². The molecule has 3 rings (SSSR count).